The number of benzene rings is 1. The molecule has 2 aromatic rings. The van der Waals surface area contributed by atoms with E-state index in [1.165, 1.54) is 0 Å². The Labute approximate surface area is 139 Å². The molecule has 0 spiro atoms. The lowest BCUT2D eigenvalue weighted by molar-refractivity contribution is -0.148. The molecular formula is C17H20N2O3S. The van der Waals surface area contributed by atoms with E-state index in [1.807, 2.05) is 24.4 Å². The number of phenolic OH excluding ortho intramolecular Hbond substituents is 1. The Balaban J connectivity index is 1.66. The molecular weight excluding hydrogens is 312 g/mol. The van der Waals surface area contributed by atoms with Gasteiger partial charge in [-0.1, -0.05) is 12.1 Å². The quantitative estimate of drug-likeness (QED) is 0.871. The number of rotatable bonds is 4. The van der Waals surface area contributed by atoms with Crippen molar-refractivity contribution in [1.29, 1.82) is 0 Å². The molecule has 0 unspecified atom stereocenters. The fraction of sp³-hybridized carbons (Fsp3) is 0.412. The lowest BCUT2D eigenvalue weighted by Gasteiger charge is -2.30. The lowest BCUT2D eigenvalue weighted by Crippen LogP contribution is -2.36. The van der Waals surface area contributed by atoms with Gasteiger partial charge in [0.25, 0.3) is 0 Å². The van der Waals surface area contributed by atoms with Crippen molar-refractivity contribution < 1.29 is 14.6 Å². The molecule has 122 valence electrons. The highest BCUT2D eigenvalue weighted by molar-refractivity contribution is 7.14. The summed E-state index contributed by atoms with van der Waals surface area (Å²) >= 11 is 1.57. The van der Waals surface area contributed by atoms with E-state index in [1.54, 1.807) is 23.5 Å². The number of para-hydroxylation sites is 1. The molecule has 1 aromatic heterocycles. The number of nitrogens with zero attached hydrogens (tertiary/aromatic N) is 2. The van der Waals surface area contributed by atoms with E-state index >= 15 is 0 Å². The molecule has 2 heterocycles. The third-order valence-corrected chi connectivity index (χ3v) is 4.96. The van der Waals surface area contributed by atoms with E-state index < -0.39 is 0 Å². The lowest BCUT2D eigenvalue weighted by atomic mass is 9.97. The first-order chi connectivity index (χ1) is 11.2. The normalized spacial score (nSPS) is 15.6. The van der Waals surface area contributed by atoms with Crippen LogP contribution in [0.15, 0.2) is 29.6 Å². The van der Waals surface area contributed by atoms with Gasteiger partial charge in [0, 0.05) is 24.0 Å². The van der Waals surface area contributed by atoms with E-state index in [0.29, 0.717) is 6.61 Å². The number of aromatic nitrogens is 1. The fourth-order valence-corrected chi connectivity index (χ4v) is 3.67. The number of piperidine rings is 1. The molecule has 3 rings (SSSR count). The molecule has 0 radical (unpaired) electrons. The van der Waals surface area contributed by atoms with Gasteiger partial charge >= 0.3 is 5.97 Å². The largest absolute Gasteiger partial charge is 0.507 e. The second kappa shape index (κ2) is 7.00. The van der Waals surface area contributed by atoms with Crippen LogP contribution in [-0.2, 0) is 9.53 Å². The third kappa shape index (κ3) is 3.47. The molecule has 23 heavy (non-hydrogen) atoms. The number of hydrogen-bond acceptors (Lipinski definition) is 6. The zero-order chi connectivity index (χ0) is 16.2. The summed E-state index contributed by atoms with van der Waals surface area (Å²) in [5, 5.41) is 12.8. The van der Waals surface area contributed by atoms with Gasteiger partial charge in [-0.25, -0.2) is 4.98 Å². The van der Waals surface area contributed by atoms with Crippen molar-refractivity contribution in [2.45, 2.75) is 19.8 Å². The van der Waals surface area contributed by atoms with Gasteiger partial charge in [0.2, 0.25) is 0 Å². The van der Waals surface area contributed by atoms with E-state index in [-0.39, 0.29) is 17.6 Å². The number of carbonyl (C=O) groups is 1. The number of thiazole rings is 1. The van der Waals surface area contributed by atoms with Gasteiger partial charge in [0.1, 0.15) is 5.75 Å². The molecule has 5 nitrogen and oxygen atoms in total. The summed E-state index contributed by atoms with van der Waals surface area (Å²) in [5.41, 5.74) is 1.53. The SMILES string of the molecule is CCOC(=O)C1CCN(c2nc(-c3ccccc3O)cs2)CC1. The summed E-state index contributed by atoms with van der Waals surface area (Å²) in [6.45, 7) is 3.88. The Kier molecular flexibility index (Phi) is 4.81. The van der Waals surface area contributed by atoms with Crippen LogP contribution in [0.5, 0.6) is 5.75 Å². The summed E-state index contributed by atoms with van der Waals surface area (Å²) in [7, 11) is 0. The first-order valence-electron chi connectivity index (χ1n) is 7.84. The molecule has 1 N–H and O–H groups in total. The topological polar surface area (TPSA) is 62.7 Å². The van der Waals surface area contributed by atoms with Crippen LogP contribution in [0.1, 0.15) is 19.8 Å². The maximum Gasteiger partial charge on any atom is 0.309 e. The number of esters is 1. The van der Waals surface area contributed by atoms with Crippen LogP contribution in [-0.4, -0.2) is 35.8 Å². The summed E-state index contributed by atoms with van der Waals surface area (Å²) in [6, 6.07) is 7.21. The summed E-state index contributed by atoms with van der Waals surface area (Å²) in [4.78, 5) is 18.6. The monoisotopic (exact) mass is 332 g/mol. The van der Waals surface area contributed by atoms with E-state index in [4.69, 9.17) is 4.74 Å². The first kappa shape index (κ1) is 15.8. The Morgan fingerprint density at radius 3 is 2.83 bits per heavy atom. The average Bonchev–Trinajstić information content (AvgIpc) is 3.05. The van der Waals surface area contributed by atoms with Crippen molar-refractivity contribution in [2.75, 3.05) is 24.6 Å². The zero-order valence-corrected chi connectivity index (χ0v) is 13.9. The third-order valence-electron chi connectivity index (χ3n) is 4.06. The van der Waals surface area contributed by atoms with Crippen LogP contribution >= 0.6 is 11.3 Å². The van der Waals surface area contributed by atoms with Crippen molar-refractivity contribution in [1.82, 2.24) is 4.98 Å². The highest BCUT2D eigenvalue weighted by atomic mass is 32.1. The summed E-state index contributed by atoms with van der Waals surface area (Å²) < 4.78 is 5.10. The number of anilines is 1. The van der Waals surface area contributed by atoms with Gasteiger partial charge in [-0.3, -0.25) is 4.79 Å². The molecule has 1 saturated heterocycles. The van der Waals surface area contributed by atoms with Crippen molar-refractivity contribution in [2.24, 2.45) is 5.92 Å². The smallest absolute Gasteiger partial charge is 0.309 e. The maximum absolute atomic E-state index is 11.8. The average molecular weight is 332 g/mol. The Morgan fingerprint density at radius 2 is 2.13 bits per heavy atom. The molecule has 6 heteroatoms. The van der Waals surface area contributed by atoms with Crippen LogP contribution in [0.2, 0.25) is 0 Å². The van der Waals surface area contributed by atoms with Crippen LogP contribution < -0.4 is 4.90 Å². The molecule has 1 aliphatic rings. The van der Waals surface area contributed by atoms with E-state index in [0.717, 1.165) is 42.3 Å². The highest BCUT2D eigenvalue weighted by Gasteiger charge is 2.27. The van der Waals surface area contributed by atoms with Crippen LogP contribution in [0.3, 0.4) is 0 Å². The van der Waals surface area contributed by atoms with E-state index in [9.17, 15) is 9.90 Å². The molecule has 0 atom stereocenters. The minimum Gasteiger partial charge on any atom is -0.507 e. The number of hydrogen-bond donors (Lipinski definition) is 1. The zero-order valence-electron chi connectivity index (χ0n) is 13.1. The number of carbonyl (C=O) groups excluding carboxylic acids is 1. The second-order valence-corrected chi connectivity index (χ2v) is 6.38. The van der Waals surface area contributed by atoms with Crippen molar-refractivity contribution >= 4 is 22.4 Å². The minimum atomic E-state index is -0.0822. The predicted octanol–water partition coefficient (Wildman–Crippen LogP) is 3.30. The van der Waals surface area contributed by atoms with Gasteiger partial charge in [-0.15, -0.1) is 11.3 Å². The van der Waals surface area contributed by atoms with E-state index in [2.05, 4.69) is 9.88 Å². The number of aromatic hydroxyl groups is 1. The fourth-order valence-electron chi connectivity index (χ4n) is 2.79. The van der Waals surface area contributed by atoms with Crippen LogP contribution in [0.4, 0.5) is 5.13 Å². The first-order valence-corrected chi connectivity index (χ1v) is 8.72. The Hall–Kier alpha value is -2.08. The molecule has 0 bridgehead atoms. The highest BCUT2D eigenvalue weighted by Crippen LogP contribution is 2.34. The van der Waals surface area contributed by atoms with Crippen LogP contribution in [0.25, 0.3) is 11.3 Å². The maximum atomic E-state index is 11.8. The van der Waals surface area contributed by atoms with Gasteiger partial charge in [0.05, 0.1) is 18.2 Å². The second-order valence-electron chi connectivity index (χ2n) is 5.55. The van der Waals surface area contributed by atoms with Crippen molar-refractivity contribution in [3.8, 4) is 17.0 Å². The Bertz CT molecular complexity index is 678. The number of phenols is 1. The predicted molar refractivity (Wildman–Crippen MR) is 90.8 cm³/mol. The molecule has 0 amide bonds. The minimum absolute atomic E-state index is 0.00352. The Morgan fingerprint density at radius 1 is 1.39 bits per heavy atom. The number of ether oxygens (including phenoxy) is 1. The summed E-state index contributed by atoms with van der Waals surface area (Å²) in [5.74, 6) is 0.162. The van der Waals surface area contributed by atoms with Gasteiger partial charge < -0.3 is 14.7 Å². The van der Waals surface area contributed by atoms with Gasteiger partial charge in [0.15, 0.2) is 5.13 Å². The standard InChI is InChI=1S/C17H20N2O3S/c1-2-22-16(21)12-7-9-19(10-8-12)17-18-14(11-23-17)13-5-3-4-6-15(13)20/h3-6,11-12,20H,2,7-10H2,1H3. The molecule has 1 aliphatic heterocycles. The molecule has 1 aromatic carbocycles. The van der Waals surface area contributed by atoms with Crippen molar-refractivity contribution in [3.63, 3.8) is 0 Å². The van der Waals surface area contributed by atoms with Gasteiger partial charge in [-0.2, -0.15) is 0 Å². The van der Waals surface area contributed by atoms with Gasteiger partial charge in [-0.05, 0) is 31.9 Å². The molecule has 0 aliphatic carbocycles. The molecule has 1 fully saturated rings. The summed E-state index contributed by atoms with van der Waals surface area (Å²) in [6.07, 6.45) is 1.59. The van der Waals surface area contributed by atoms with Crippen LogP contribution in [0, 0.1) is 5.92 Å². The van der Waals surface area contributed by atoms with Crippen molar-refractivity contribution in [3.05, 3.63) is 29.6 Å². The molecule has 0 saturated carbocycles.